The van der Waals surface area contributed by atoms with Gasteiger partial charge < -0.3 is 5.73 Å². The average Bonchev–Trinajstić information content (AvgIpc) is 1.99. The van der Waals surface area contributed by atoms with Crippen LogP contribution in [-0.2, 0) is 0 Å². The molecule has 4 aliphatic carbocycles. The maximum absolute atomic E-state index is 5.99. The summed E-state index contributed by atoms with van der Waals surface area (Å²) < 4.78 is 0. The van der Waals surface area contributed by atoms with Crippen LogP contribution < -0.4 is 5.73 Å². The fraction of sp³-hybridized carbons (Fsp3) is 1.00. The quantitative estimate of drug-likeness (QED) is 0.657. The minimum Gasteiger partial charge on any atom is -0.330 e. The van der Waals surface area contributed by atoms with Gasteiger partial charge in [-0.25, -0.2) is 0 Å². The van der Waals surface area contributed by atoms with Gasteiger partial charge in [-0.2, -0.15) is 0 Å². The molecule has 2 unspecified atom stereocenters. The molecular formula is C12H21N. The van der Waals surface area contributed by atoms with Crippen LogP contribution in [0.5, 0.6) is 0 Å². The van der Waals surface area contributed by atoms with Crippen LogP contribution in [0.25, 0.3) is 0 Å². The Bertz CT molecular complexity index is 219. The third-order valence-corrected chi connectivity index (χ3v) is 4.91. The molecule has 4 rings (SSSR count). The van der Waals surface area contributed by atoms with E-state index in [1.165, 1.54) is 38.5 Å². The van der Waals surface area contributed by atoms with Gasteiger partial charge in [0, 0.05) is 0 Å². The Hall–Kier alpha value is -0.0400. The smallest absolute Gasteiger partial charge is 0.00201 e. The second-order valence-corrected chi connectivity index (χ2v) is 6.48. The van der Waals surface area contributed by atoms with E-state index in [9.17, 15) is 0 Å². The van der Waals surface area contributed by atoms with E-state index in [-0.39, 0.29) is 0 Å². The van der Waals surface area contributed by atoms with Gasteiger partial charge in [-0.05, 0) is 67.7 Å². The zero-order chi connectivity index (χ0) is 9.10. The lowest BCUT2D eigenvalue weighted by Gasteiger charge is -2.61. The van der Waals surface area contributed by atoms with Gasteiger partial charge in [-0.1, -0.05) is 6.92 Å². The summed E-state index contributed by atoms with van der Waals surface area (Å²) in [5.74, 6) is 2.07. The number of nitrogens with two attached hydrogens (primary N) is 1. The van der Waals surface area contributed by atoms with Crippen molar-refractivity contribution in [1.29, 1.82) is 0 Å². The molecule has 0 aromatic rings. The van der Waals surface area contributed by atoms with Crippen molar-refractivity contribution in [2.45, 2.75) is 45.4 Å². The van der Waals surface area contributed by atoms with Crippen molar-refractivity contribution in [3.05, 3.63) is 0 Å². The molecule has 0 radical (unpaired) electrons. The van der Waals surface area contributed by atoms with Gasteiger partial charge in [0.15, 0.2) is 0 Å². The lowest BCUT2D eigenvalue weighted by atomic mass is 9.45. The standard InChI is InChI=1S/C12H21N/c1-11-3-9-2-10(4-11)6-12(5-9,7-11)8-13/h9-10H,2-8,13H2,1H3. The molecule has 2 atom stereocenters. The molecule has 4 aliphatic rings. The van der Waals surface area contributed by atoms with Crippen LogP contribution in [0.15, 0.2) is 0 Å². The van der Waals surface area contributed by atoms with Gasteiger partial charge in [-0.15, -0.1) is 0 Å². The van der Waals surface area contributed by atoms with Crippen molar-refractivity contribution in [2.75, 3.05) is 6.54 Å². The van der Waals surface area contributed by atoms with E-state index in [1.54, 1.807) is 0 Å². The van der Waals surface area contributed by atoms with Gasteiger partial charge in [0.25, 0.3) is 0 Å². The van der Waals surface area contributed by atoms with Gasteiger partial charge >= 0.3 is 0 Å². The lowest BCUT2D eigenvalue weighted by Crippen LogP contribution is -2.53. The van der Waals surface area contributed by atoms with E-state index in [0.717, 1.165) is 18.4 Å². The molecule has 74 valence electrons. The zero-order valence-electron chi connectivity index (χ0n) is 8.68. The number of rotatable bonds is 1. The Labute approximate surface area is 81.1 Å². The molecule has 4 bridgehead atoms. The van der Waals surface area contributed by atoms with Crippen molar-refractivity contribution in [3.63, 3.8) is 0 Å². The van der Waals surface area contributed by atoms with Crippen molar-refractivity contribution >= 4 is 0 Å². The SMILES string of the molecule is CC12CC3CC(C1)CC(CN)(C3)C2. The monoisotopic (exact) mass is 179 g/mol. The zero-order valence-corrected chi connectivity index (χ0v) is 8.68. The molecule has 0 aromatic carbocycles. The van der Waals surface area contributed by atoms with Crippen LogP contribution in [0, 0.1) is 22.7 Å². The molecule has 4 fully saturated rings. The van der Waals surface area contributed by atoms with E-state index < -0.39 is 0 Å². The summed E-state index contributed by atoms with van der Waals surface area (Å²) in [7, 11) is 0. The molecule has 13 heavy (non-hydrogen) atoms. The molecule has 0 saturated heterocycles. The van der Waals surface area contributed by atoms with Crippen molar-refractivity contribution in [2.24, 2.45) is 28.4 Å². The average molecular weight is 179 g/mol. The Morgan fingerprint density at radius 3 is 2.23 bits per heavy atom. The van der Waals surface area contributed by atoms with Crippen molar-refractivity contribution < 1.29 is 0 Å². The van der Waals surface area contributed by atoms with Crippen LogP contribution in [0.1, 0.15) is 45.4 Å². The van der Waals surface area contributed by atoms with Gasteiger partial charge in [0.1, 0.15) is 0 Å². The second kappa shape index (κ2) is 2.31. The Morgan fingerprint density at radius 1 is 1.15 bits per heavy atom. The molecule has 1 heteroatoms. The highest BCUT2D eigenvalue weighted by Crippen LogP contribution is 2.64. The topological polar surface area (TPSA) is 26.0 Å². The fourth-order valence-electron chi connectivity index (χ4n) is 5.17. The maximum atomic E-state index is 5.99. The summed E-state index contributed by atoms with van der Waals surface area (Å²) in [6.07, 6.45) is 8.88. The first-order valence-electron chi connectivity index (χ1n) is 5.83. The molecule has 1 nitrogen and oxygen atoms in total. The highest BCUT2D eigenvalue weighted by molar-refractivity contribution is 5.06. The third kappa shape index (κ3) is 1.09. The van der Waals surface area contributed by atoms with Gasteiger partial charge in [-0.3, -0.25) is 0 Å². The summed E-state index contributed by atoms with van der Waals surface area (Å²) in [6, 6.07) is 0. The van der Waals surface area contributed by atoms with Gasteiger partial charge in [0.05, 0.1) is 0 Å². The lowest BCUT2D eigenvalue weighted by molar-refractivity contribution is -0.0964. The van der Waals surface area contributed by atoms with E-state index in [1.807, 2.05) is 0 Å². The number of hydrogen-bond donors (Lipinski definition) is 1. The molecule has 0 amide bonds. The molecule has 0 spiro atoms. The van der Waals surface area contributed by atoms with Crippen LogP contribution in [-0.4, -0.2) is 6.54 Å². The highest BCUT2D eigenvalue weighted by atomic mass is 14.7. The molecule has 2 N–H and O–H groups in total. The van der Waals surface area contributed by atoms with Crippen LogP contribution in [0.4, 0.5) is 0 Å². The Balaban J connectivity index is 1.95. The largest absolute Gasteiger partial charge is 0.330 e. The minimum absolute atomic E-state index is 0.582. The van der Waals surface area contributed by atoms with E-state index in [0.29, 0.717) is 10.8 Å². The van der Waals surface area contributed by atoms with Gasteiger partial charge in [0.2, 0.25) is 0 Å². The molecule has 0 heterocycles. The first kappa shape index (κ1) is 8.28. The number of hydrogen-bond acceptors (Lipinski definition) is 1. The fourth-order valence-corrected chi connectivity index (χ4v) is 5.17. The first-order chi connectivity index (χ1) is 6.13. The van der Waals surface area contributed by atoms with E-state index in [4.69, 9.17) is 5.73 Å². The minimum atomic E-state index is 0.582. The predicted octanol–water partition coefficient (Wildman–Crippen LogP) is 2.55. The third-order valence-electron chi connectivity index (χ3n) is 4.91. The summed E-state index contributed by atoms with van der Waals surface area (Å²) in [4.78, 5) is 0. The summed E-state index contributed by atoms with van der Waals surface area (Å²) in [5, 5.41) is 0. The van der Waals surface area contributed by atoms with E-state index in [2.05, 4.69) is 6.92 Å². The Morgan fingerprint density at radius 2 is 1.77 bits per heavy atom. The summed E-state index contributed by atoms with van der Waals surface area (Å²) in [5.41, 5.74) is 7.25. The first-order valence-corrected chi connectivity index (χ1v) is 5.83. The molecule has 4 saturated carbocycles. The molecule has 0 aliphatic heterocycles. The second-order valence-electron chi connectivity index (χ2n) is 6.48. The predicted molar refractivity (Wildman–Crippen MR) is 54.3 cm³/mol. The van der Waals surface area contributed by atoms with Crippen LogP contribution >= 0.6 is 0 Å². The van der Waals surface area contributed by atoms with Crippen molar-refractivity contribution in [1.82, 2.24) is 0 Å². The Kier molecular flexibility index (Phi) is 1.47. The maximum Gasteiger partial charge on any atom is -0.00201 e. The van der Waals surface area contributed by atoms with E-state index >= 15 is 0 Å². The summed E-state index contributed by atoms with van der Waals surface area (Å²) in [6.45, 7) is 3.46. The van der Waals surface area contributed by atoms with Crippen LogP contribution in [0.3, 0.4) is 0 Å². The molecule has 0 aromatic heterocycles. The summed E-state index contributed by atoms with van der Waals surface area (Å²) >= 11 is 0. The highest BCUT2D eigenvalue weighted by Gasteiger charge is 2.54. The normalized spacial score (nSPS) is 58.6. The van der Waals surface area contributed by atoms with Crippen LogP contribution in [0.2, 0.25) is 0 Å². The molecular weight excluding hydrogens is 158 g/mol. The van der Waals surface area contributed by atoms with Crippen molar-refractivity contribution in [3.8, 4) is 0 Å².